The normalized spacial score (nSPS) is 20.7. The number of carbonyl (C=O) groups excluding carboxylic acids is 1. The summed E-state index contributed by atoms with van der Waals surface area (Å²) >= 11 is 7.92. The monoisotopic (exact) mass is 625 g/mol. The molecular formula is C29H36ClN9O3S. The van der Waals surface area contributed by atoms with Gasteiger partial charge in [0.05, 0.1) is 17.3 Å². The Bertz CT molecular complexity index is 1590. The van der Waals surface area contributed by atoms with Crippen molar-refractivity contribution in [2.24, 2.45) is 4.99 Å². The predicted molar refractivity (Wildman–Crippen MR) is 165 cm³/mol. The highest BCUT2D eigenvalue weighted by Crippen LogP contribution is 2.50. The average molecular weight is 626 g/mol. The Hall–Kier alpha value is -3.76. The van der Waals surface area contributed by atoms with Gasteiger partial charge in [0.15, 0.2) is 0 Å². The van der Waals surface area contributed by atoms with Gasteiger partial charge in [-0.15, -0.1) is 11.3 Å². The molecular weight excluding hydrogens is 590 g/mol. The Morgan fingerprint density at radius 1 is 1.33 bits per heavy atom. The standard InChI is InChI=1S/C29H36ClN9O3S/c1-17-15-38(11-12-39(17)27(40)41-28(2,3)4)21-13-19(33-26(30)34-21)23-35-25(42-36-23)29(5)10-8-9-20-22(29)18(14-31)24(43-20)32-16-37(6)7/h13,16-17H,8-12,15H2,1-7H3/t17-,29+/m1/s1. The maximum Gasteiger partial charge on any atom is 0.410 e. The molecule has 1 amide bonds. The molecule has 12 nitrogen and oxygen atoms in total. The Balaban J connectivity index is 1.41. The Kier molecular flexibility index (Phi) is 8.37. The molecule has 1 fully saturated rings. The molecule has 0 bridgehead atoms. The number of hydrogen-bond acceptors (Lipinski definition) is 11. The summed E-state index contributed by atoms with van der Waals surface area (Å²) < 4.78 is 11.4. The molecule has 3 aromatic heterocycles. The largest absolute Gasteiger partial charge is 0.444 e. The van der Waals surface area contributed by atoms with Crippen molar-refractivity contribution in [2.75, 3.05) is 38.6 Å². The minimum absolute atomic E-state index is 0.0558. The number of halogens is 1. The highest BCUT2D eigenvalue weighted by molar-refractivity contribution is 7.16. The number of nitrogens with zero attached hydrogens (tertiary/aromatic N) is 9. The van der Waals surface area contributed by atoms with E-state index in [1.54, 1.807) is 17.3 Å². The van der Waals surface area contributed by atoms with Crippen molar-refractivity contribution in [3.05, 3.63) is 33.2 Å². The van der Waals surface area contributed by atoms with Gasteiger partial charge in [-0.25, -0.2) is 19.8 Å². The van der Waals surface area contributed by atoms with E-state index < -0.39 is 11.0 Å². The van der Waals surface area contributed by atoms with Crippen LogP contribution >= 0.6 is 22.9 Å². The first-order valence-corrected chi connectivity index (χ1v) is 15.4. The minimum atomic E-state index is -0.653. The van der Waals surface area contributed by atoms with E-state index in [0.717, 1.165) is 29.7 Å². The summed E-state index contributed by atoms with van der Waals surface area (Å²) in [6.45, 7) is 11.1. The van der Waals surface area contributed by atoms with Crippen LogP contribution in [0.3, 0.4) is 0 Å². The molecule has 1 aliphatic carbocycles. The molecule has 2 aliphatic rings. The maximum atomic E-state index is 12.7. The van der Waals surface area contributed by atoms with E-state index in [0.29, 0.717) is 47.6 Å². The molecule has 0 saturated carbocycles. The van der Waals surface area contributed by atoms with Crippen LogP contribution in [0.4, 0.5) is 15.6 Å². The minimum Gasteiger partial charge on any atom is -0.444 e. The lowest BCUT2D eigenvalue weighted by atomic mass is 9.72. The molecule has 0 N–H and O–H groups in total. The number of aliphatic imine (C=N–C) groups is 1. The number of carbonyl (C=O) groups is 1. The van der Waals surface area contributed by atoms with E-state index in [1.807, 2.05) is 53.6 Å². The molecule has 1 aliphatic heterocycles. The first-order chi connectivity index (χ1) is 20.3. The highest BCUT2D eigenvalue weighted by atomic mass is 35.5. The van der Waals surface area contributed by atoms with Crippen molar-refractivity contribution in [3.63, 3.8) is 0 Å². The predicted octanol–water partition coefficient (Wildman–Crippen LogP) is 5.42. The van der Waals surface area contributed by atoms with Gasteiger partial charge in [0.25, 0.3) is 0 Å². The summed E-state index contributed by atoms with van der Waals surface area (Å²) in [6, 6.07) is 4.05. The third-order valence-electron chi connectivity index (χ3n) is 7.50. The lowest BCUT2D eigenvalue weighted by Gasteiger charge is -2.40. The zero-order valence-corrected chi connectivity index (χ0v) is 27.1. The lowest BCUT2D eigenvalue weighted by Crippen LogP contribution is -2.55. The van der Waals surface area contributed by atoms with Crippen molar-refractivity contribution < 1.29 is 14.1 Å². The SMILES string of the molecule is C[C@@H]1CN(c2cc(-c3noc([C@@]4(C)CCCc5sc(N=CN(C)C)c(C#N)c54)n3)nc(Cl)n2)CCN1C(=O)OC(C)(C)C. The number of anilines is 1. The number of piperazine rings is 1. The lowest BCUT2D eigenvalue weighted by molar-refractivity contribution is 0.0158. The van der Waals surface area contributed by atoms with Crippen molar-refractivity contribution in [1.29, 1.82) is 5.26 Å². The van der Waals surface area contributed by atoms with Gasteiger partial charge < -0.3 is 24.0 Å². The number of nitriles is 1. The van der Waals surface area contributed by atoms with Crippen molar-refractivity contribution in [3.8, 4) is 17.6 Å². The van der Waals surface area contributed by atoms with Crippen LogP contribution in [0.2, 0.25) is 5.28 Å². The molecule has 1 saturated heterocycles. The Labute approximate surface area is 260 Å². The van der Waals surface area contributed by atoms with Gasteiger partial charge in [-0.2, -0.15) is 10.2 Å². The quantitative estimate of drug-likeness (QED) is 0.205. The smallest absolute Gasteiger partial charge is 0.410 e. The molecule has 4 heterocycles. The van der Waals surface area contributed by atoms with Gasteiger partial charge in [0.1, 0.15) is 28.2 Å². The Morgan fingerprint density at radius 2 is 2.09 bits per heavy atom. The van der Waals surface area contributed by atoms with Crippen molar-refractivity contribution in [2.45, 2.75) is 70.9 Å². The number of ether oxygens (including phenoxy) is 1. The third-order valence-corrected chi connectivity index (χ3v) is 8.83. The van der Waals surface area contributed by atoms with Gasteiger partial charge >= 0.3 is 6.09 Å². The van der Waals surface area contributed by atoms with Crippen LogP contribution in [0, 0.1) is 11.3 Å². The molecule has 43 heavy (non-hydrogen) atoms. The molecule has 14 heteroatoms. The van der Waals surface area contributed by atoms with Crippen LogP contribution in [0.5, 0.6) is 0 Å². The fraction of sp³-hybridized carbons (Fsp3) is 0.552. The van der Waals surface area contributed by atoms with Gasteiger partial charge in [-0.1, -0.05) is 5.16 Å². The molecule has 0 radical (unpaired) electrons. The molecule has 228 valence electrons. The van der Waals surface area contributed by atoms with E-state index in [4.69, 9.17) is 25.8 Å². The molecule has 0 unspecified atom stereocenters. The van der Waals surface area contributed by atoms with Crippen LogP contribution in [0.1, 0.15) is 69.4 Å². The maximum absolute atomic E-state index is 12.7. The average Bonchev–Trinajstić information content (AvgIpc) is 3.57. The summed E-state index contributed by atoms with van der Waals surface area (Å²) in [7, 11) is 3.78. The number of aromatic nitrogens is 4. The van der Waals surface area contributed by atoms with E-state index >= 15 is 0 Å². The van der Waals surface area contributed by atoms with Crippen LogP contribution < -0.4 is 4.90 Å². The summed E-state index contributed by atoms with van der Waals surface area (Å²) in [5.41, 5.74) is 0.663. The molecule has 0 aromatic carbocycles. The summed E-state index contributed by atoms with van der Waals surface area (Å²) in [5.74, 6) is 1.31. The number of fused-ring (bicyclic) bond motifs is 1. The van der Waals surface area contributed by atoms with Crippen LogP contribution in [-0.2, 0) is 16.6 Å². The second-order valence-electron chi connectivity index (χ2n) is 12.4. The zero-order valence-electron chi connectivity index (χ0n) is 25.5. The first kappa shape index (κ1) is 30.7. The van der Waals surface area contributed by atoms with Crippen LogP contribution in [0.25, 0.3) is 11.5 Å². The zero-order chi connectivity index (χ0) is 31.1. The second kappa shape index (κ2) is 11.7. The summed E-state index contributed by atoms with van der Waals surface area (Å²) in [5, 5.41) is 15.1. The molecule has 5 rings (SSSR count). The van der Waals surface area contributed by atoms with Crippen LogP contribution in [0.15, 0.2) is 15.6 Å². The van der Waals surface area contributed by atoms with Crippen LogP contribution in [-0.4, -0.2) is 87.7 Å². The third kappa shape index (κ3) is 6.31. The van der Waals surface area contributed by atoms with E-state index in [9.17, 15) is 10.1 Å². The van der Waals surface area contributed by atoms with Gasteiger partial charge in [-0.3, -0.25) is 0 Å². The van der Waals surface area contributed by atoms with E-state index in [2.05, 4.69) is 31.1 Å². The van der Waals surface area contributed by atoms with E-state index in [1.165, 1.54) is 11.3 Å². The number of rotatable bonds is 5. The van der Waals surface area contributed by atoms with Gasteiger partial charge in [-0.05, 0) is 65.5 Å². The topological polar surface area (TPSA) is 137 Å². The van der Waals surface area contributed by atoms with Crippen molar-refractivity contribution in [1.82, 2.24) is 29.9 Å². The summed E-state index contributed by atoms with van der Waals surface area (Å²) in [6.07, 6.45) is 3.91. The highest BCUT2D eigenvalue weighted by Gasteiger charge is 2.43. The fourth-order valence-corrected chi connectivity index (χ4v) is 6.96. The number of thiophene rings is 1. The van der Waals surface area contributed by atoms with Gasteiger partial charge in [0.2, 0.25) is 17.0 Å². The molecule has 3 aromatic rings. The summed E-state index contributed by atoms with van der Waals surface area (Å²) in [4.78, 5) is 37.6. The number of amides is 1. The molecule has 0 spiro atoms. The fourth-order valence-electron chi connectivity index (χ4n) is 5.52. The second-order valence-corrected chi connectivity index (χ2v) is 13.8. The number of hydrogen-bond donors (Lipinski definition) is 0. The van der Waals surface area contributed by atoms with Gasteiger partial charge in [0, 0.05) is 56.3 Å². The Morgan fingerprint density at radius 3 is 2.77 bits per heavy atom. The van der Waals surface area contributed by atoms with Crippen molar-refractivity contribution >= 4 is 46.2 Å². The molecule has 2 atom stereocenters. The number of aryl methyl sites for hydroxylation is 1. The van der Waals surface area contributed by atoms with E-state index in [-0.39, 0.29) is 23.2 Å². The first-order valence-electron chi connectivity index (χ1n) is 14.2.